The number of sulfonamides is 1. The van der Waals surface area contributed by atoms with E-state index in [1.54, 1.807) is 37.3 Å². The number of carbonyl (C=O) groups is 1. The van der Waals surface area contributed by atoms with Gasteiger partial charge in [0.1, 0.15) is 5.75 Å². The minimum absolute atomic E-state index is 0.0538. The van der Waals surface area contributed by atoms with Crippen LogP contribution in [-0.2, 0) is 14.8 Å². The predicted molar refractivity (Wildman–Crippen MR) is 122 cm³/mol. The summed E-state index contributed by atoms with van der Waals surface area (Å²) in [5, 5.41) is 8.92. The molecule has 168 valence electrons. The summed E-state index contributed by atoms with van der Waals surface area (Å²) in [6.45, 7) is 2.98. The molecule has 8 heteroatoms. The van der Waals surface area contributed by atoms with Crippen molar-refractivity contribution in [2.24, 2.45) is 0 Å². The van der Waals surface area contributed by atoms with Crippen molar-refractivity contribution >= 4 is 16.0 Å². The van der Waals surface area contributed by atoms with Crippen LogP contribution in [0.3, 0.4) is 0 Å². The molecule has 3 aromatic carbocycles. The molecule has 0 saturated carbocycles. The van der Waals surface area contributed by atoms with E-state index in [-0.39, 0.29) is 23.5 Å². The first-order valence-corrected chi connectivity index (χ1v) is 11.8. The average Bonchev–Trinajstić information content (AvgIpc) is 2.85. The second-order valence-corrected chi connectivity index (χ2v) is 9.53. The van der Waals surface area contributed by atoms with Gasteiger partial charge in [0.05, 0.1) is 35.3 Å². The van der Waals surface area contributed by atoms with E-state index in [1.807, 2.05) is 24.3 Å². The highest BCUT2D eigenvalue weighted by Gasteiger charge is 2.27. The molecule has 0 N–H and O–H groups in total. The first-order chi connectivity index (χ1) is 15.9. The molecule has 7 nitrogen and oxygen atoms in total. The Bertz CT molecular complexity index is 1300. The van der Waals surface area contributed by atoms with E-state index < -0.39 is 16.0 Å². The van der Waals surface area contributed by atoms with E-state index in [2.05, 4.69) is 6.07 Å². The van der Waals surface area contributed by atoms with Gasteiger partial charge in [0.2, 0.25) is 10.0 Å². The number of rotatable bonds is 5. The first kappa shape index (κ1) is 22.7. The molecule has 1 saturated heterocycles. The maximum Gasteiger partial charge on any atom is 0.343 e. The van der Waals surface area contributed by atoms with E-state index >= 15 is 0 Å². The molecule has 0 aromatic heterocycles. The van der Waals surface area contributed by atoms with Crippen molar-refractivity contribution in [2.75, 3.05) is 26.3 Å². The summed E-state index contributed by atoms with van der Waals surface area (Å²) in [5.41, 5.74) is 3.24. The number of nitriles is 1. The second-order valence-electron chi connectivity index (χ2n) is 7.60. The standard InChI is InChI=1S/C25H22N2O5S/c1-18-2-11-23(33(29,30)27-12-14-31-15-13-27)16-24(18)25(28)32-22-9-7-21(8-10-22)20-5-3-19(17-26)4-6-20/h2-11,16H,12-15H2,1H3. The maximum absolute atomic E-state index is 12.9. The zero-order chi connectivity index (χ0) is 23.4. The minimum Gasteiger partial charge on any atom is -0.423 e. The highest BCUT2D eigenvalue weighted by atomic mass is 32.2. The number of benzene rings is 3. The molecule has 33 heavy (non-hydrogen) atoms. The van der Waals surface area contributed by atoms with Crippen LogP contribution in [0, 0.1) is 18.3 Å². The highest BCUT2D eigenvalue weighted by Crippen LogP contribution is 2.25. The highest BCUT2D eigenvalue weighted by molar-refractivity contribution is 7.89. The van der Waals surface area contributed by atoms with Gasteiger partial charge in [0.25, 0.3) is 0 Å². The van der Waals surface area contributed by atoms with Gasteiger partial charge in [0.15, 0.2) is 0 Å². The second kappa shape index (κ2) is 9.55. The third-order valence-electron chi connectivity index (χ3n) is 5.45. The Balaban J connectivity index is 1.52. The number of ether oxygens (including phenoxy) is 2. The molecule has 0 amide bonds. The lowest BCUT2D eigenvalue weighted by Gasteiger charge is -2.26. The summed E-state index contributed by atoms with van der Waals surface area (Å²) in [6, 6.07) is 20.7. The first-order valence-electron chi connectivity index (χ1n) is 10.4. The van der Waals surface area contributed by atoms with Crippen LogP contribution in [0.1, 0.15) is 21.5 Å². The summed E-state index contributed by atoms with van der Waals surface area (Å²) >= 11 is 0. The van der Waals surface area contributed by atoms with Crippen LogP contribution < -0.4 is 4.74 Å². The summed E-state index contributed by atoms with van der Waals surface area (Å²) in [7, 11) is -3.72. The van der Waals surface area contributed by atoms with Crippen molar-refractivity contribution in [3.63, 3.8) is 0 Å². The number of morpholine rings is 1. The molecule has 0 bridgehead atoms. The van der Waals surface area contributed by atoms with Crippen LogP contribution in [0.2, 0.25) is 0 Å². The van der Waals surface area contributed by atoms with Crippen LogP contribution >= 0.6 is 0 Å². The summed E-state index contributed by atoms with van der Waals surface area (Å²) < 4.78 is 38.0. The van der Waals surface area contributed by atoms with Gasteiger partial charge in [-0.15, -0.1) is 0 Å². The quantitative estimate of drug-likeness (QED) is 0.423. The Labute approximate surface area is 192 Å². The monoisotopic (exact) mass is 462 g/mol. The van der Waals surface area contributed by atoms with Gasteiger partial charge in [-0.1, -0.05) is 30.3 Å². The fraction of sp³-hybridized carbons (Fsp3) is 0.200. The van der Waals surface area contributed by atoms with Gasteiger partial charge < -0.3 is 9.47 Å². The third kappa shape index (κ3) is 4.96. The van der Waals surface area contributed by atoms with Gasteiger partial charge in [-0.2, -0.15) is 9.57 Å². The van der Waals surface area contributed by atoms with Crippen molar-refractivity contribution < 1.29 is 22.7 Å². The smallest absolute Gasteiger partial charge is 0.343 e. The SMILES string of the molecule is Cc1ccc(S(=O)(=O)N2CCOCC2)cc1C(=O)Oc1ccc(-c2ccc(C#N)cc2)cc1. The van der Waals surface area contributed by atoms with Crippen molar-refractivity contribution in [3.8, 4) is 22.9 Å². The lowest BCUT2D eigenvalue weighted by atomic mass is 10.0. The van der Waals surface area contributed by atoms with Crippen LogP contribution in [0.4, 0.5) is 0 Å². The van der Waals surface area contributed by atoms with Crippen LogP contribution in [-0.4, -0.2) is 45.0 Å². The van der Waals surface area contributed by atoms with E-state index in [1.165, 1.54) is 16.4 Å². The van der Waals surface area contributed by atoms with Crippen molar-refractivity contribution in [2.45, 2.75) is 11.8 Å². The van der Waals surface area contributed by atoms with E-state index in [0.717, 1.165) is 11.1 Å². The van der Waals surface area contributed by atoms with Crippen molar-refractivity contribution in [1.82, 2.24) is 4.31 Å². The van der Waals surface area contributed by atoms with E-state index in [0.29, 0.717) is 30.1 Å². The zero-order valence-corrected chi connectivity index (χ0v) is 18.8. The molecule has 1 aliphatic rings. The van der Waals surface area contributed by atoms with Crippen molar-refractivity contribution in [1.29, 1.82) is 5.26 Å². The number of aryl methyl sites for hydroxylation is 1. The fourth-order valence-corrected chi connectivity index (χ4v) is 4.97. The molecular weight excluding hydrogens is 440 g/mol. The Morgan fingerprint density at radius 2 is 1.58 bits per heavy atom. The summed E-state index contributed by atoms with van der Waals surface area (Å²) in [5.74, 6) is -0.282. The zero-order valence-electron chi connectivity index (χ0n) is 18.0. The predicted octanol–water partition coefficient (Wildman–Crippen LogP) is 3.77. The largest absolute Gasteiger partial charge is 0.423 e. The molecule has 0 aliphatic carbocycles. The Hall–Kier alpha value is -3.51. The molecule has 1 fully saturated rings. The van der Waals surface area contributed by atoms with Gasteiger partial charge in [-0.25, -0.2) is 13.2 Å². The molecule has 0 radical (unpaired) electrons. The number of hydrogen-bond acceptors (Lipinski definition) is 6. The van der Waals surface area contributed by atoms with Crippen LogP contribution in [0.15, 0.2) is 71.6 Å². The van der Waals surface area contributed by atoms with Crippen molar-refractivity contribution in [3.05, 3.63) is 83.4 Å². The van der Waals surface area contributed by atoms with Gasteiger partial charge in [0, 0.05) is 13.1 Å². The Morgan fingerprint density at radius 1 is 0.970 bits per heavy atom. The third-order valence-corrected chi connectivity index (χ3v) is 7.34. The minimum atomic E-state index is -3.72. The molecular formula is C25H22N2O5S. The normalized spacial score (nSPS) is 14.4. The molecule has 1 aliphatic heterocycles. The molecule has 0 atom stereocenters. The lowest BCUT2D eigenvalue weighted by molar-refractivity contribution is 0.0727. The topological polar surface area (TPSA) is 96.7 Å². The average molecular weight is 463 g/mol. The summed E-state index contributed by atoms with van der Waals surface area (Å²) in [6.07, 6.45) is 0. The van der Waals surface area contributed by atoms with E-state index in [9.17, 15) is 13.2 Å². The number of hydrogen-bond donors (Lipinski definition) is 0. The van der Waals surface area contributed by atoms with Crippen LogP contribution in [0.25, 0.3) is 11.1 Å². The van der Waals surface area contributed by atoms with Gasteiger partial charge in [-0.3, -0.25) is 0 Å². The Morgan fingerprint density at radius 3 is 2.18 bits per heavy atom. The molecule has 4 rings (SSSR count). The molecule has 0 spiro atoms. The maximum atomic E-state index is 12.9. The molecule has 0 unspecified atom stereocenters. The van der Waals surface area contributed by atoms with Gasteiger partial charge >= 0.3 is 5.97 Å². The number of esters is 1. The summed E-state index contributed by atoms with van der Waals surface area (Å²) in [4.78, 5) is 12.9. The lowest BCUT2D eigenvalue weighted by Crippen LogP contribution is -2.40. The van der Waals surface area contributed by atoms with Gasteiger partial charge in [-0.05, 0) is 60.0 Å². The fourth-order valence-electron chi connectivity index (χ4n) is 3.53. The number of carbonyl (C=O) groups excluding carboxylic acids is 1. The van der Waals surface area contributed by atoms with Crippen LogP contribution in [0.5, 0.6) is 5.75 Å². The number of nitrogens with zero attached hydrogens (tertiary/aromatic N) is 2. The molecule has 1 heterocycles. The van der Waals surface area contributed by atoms with E-state index in [4.69, 9.17) is 14.7 Å². The molecule has 3 aromatic rings. The Kier molecular flexibility index (Phi) is 6.56.